The van der Waals surface area contributed by atoms with Crippen molar-refractivity contribution in [2.45, 2.75) is 0 Å². The van der Waals surface area contributed by atoms with Crippen LogP contribution < -0.4 is 5.32 Å². The lowest BCUT2D eigenvalue weighted by Gasteiger charge is -2.12. The second-order valence-corrected chi connectivity index (χ2v) is 6.59. The van der Waals surface area contributed by atoms with Gasteiger partial charge in [0.1, 0.15) is 11.9 Å². The molecule has 1 aromatic heterocycles. The number of hydrogen-bond donors (Lipinski definition) is 1. The zero-order chi connectivity index (χ0) is 19.4. The number of rotatable bonds is 3. The molecule has 0 aliphatic carbocycles. The Bertz CT molecular complexity index is 1110. The third-order valence-electron chi connectivity index (χ3n) is 3.81. The molecular weight excluding hydrogens is 363 g/mol. The second-order valence-electron chi connectivity index (χ2n) is 6.18. The SMILES string of the molecule is CN(C)CC#Cc1ccc2ncc(C#N)c(Nc3ccc(F)c(Cl)c3)c2c1. The average Bonchev–Trinajstić information content (AvgIpc) is 2.65. The van der Waals surface area contributed by atoms with Crippen molar-refractivity contribution in [2.75, 3.05) is 26.0 Å². The standard InChI is InChI=1S/C21H16ClFN4/c1-27(2)9-3-4-14-5-8-20-17(10-14)21(15(12-24)13-25-20)26-16-6-7-19(23)18(22)11-16/h5-8,10-11,13H,9H2,1-2H3,(H,25,26). The monoisotopic (exact) mass is 378 g/mol. The molecular formula is C21H16ClFN4. The van der Waals surface area contributed by atoms with Gasteiger partial charge in [-0.3, -0.25) is 9.88 Å². The molecule has 0 radical (unpaired) electrons. The quantitative estimate of drug-likeness (QED) is 0.679. The molecule has 0 unspecified atom stereocenters. The maximum atomic E-state index is 13.4. The minimum Gasteiger partial charge on any atom is -0.354 e. The number of halogens is 2. The van der Waals surface area contributed by atoms with E-state index < -0.39 is 5.82 Å². The molecule has 0 fully saturated rings. The van der Waals surface area contributed by atoms with Gasteiger partial charge in [0.2, 0.25) is 0 Å². The highest BCUT2D eigenvalue weighted by Crippen LogP contribution is 2.30. The number of aromatic nitrogens is 1. The number of nitrogens with zero attached hydrogens (tertiary/aromatic N) is 3. The van der Waals surface area contributed by atoms with Crippen LogP contribution in [0, 0.1) is 29.0 Å². The molecule has 4 nitrogen and oxygen atoms in total. The predicted molar refractivity (Wildman–Crippen MR) is 107 cm³/mol. The molecule has 0 amide bonds. The third kappa shape index (κ3) is 4.35. The van der Waals surface area contributed by atoms with Crippen molar-refractivity contribution in [2.24, 2.45) is 0 Å². The van der Waals surface area contributed by atoms with Gasteiger partial charge in [-0.05, 0) is 50.5 Å². The Hall–Kier alpha value is -3.12. The molecule has 0 bridgehead atoms. The van der Waals surface area contributed by atoms with Crippen molar-refractivity contribution >= 4 is 33.9 Å². The van der Waals surface area contributed by atoms with Crippen LogP contribution in [0.4, 0.5) is 15.8 Å². The van der Waals surface area contributed by atoms with Gasteiger partial charge < -0.3 is 5.32 Å². The molecule has 3 aromatic rings. The molecule has 0 saturated heterocycles. The summed E-state index contributed by atoms with van der Waals surface area (Å²) >= 11 is 5.87. The first-order valence-electron chi connectivity index (χ1n) is 8.16. The topological polar surface area (TPSA) is 52.0 Å². The summed E-state index contributed by atoms with van der Waals surface area (Å²) in [5, 5.41) is 13.4. The number of hydrogen-bond acceptors (Lipinski definition) is 4. The number of anilines is 2. The van der Waals surface area contributed by atoms with Gasteiger partial charge >= 0.3 is 0 Å². The highest BCUT2D eigenvalue weighted by molar-refractivity contribution is 6.31. The van der Waals surface area contributed by atoms with E-state index >= 15 is 0 Å². The Labute approximate surface area is 162 Å². The first kappa shape index (κ1) is 18.7. The average molecular weight is 379 g/mol. The summed E-state index contributed by atoms with van der Waals surface area (Å²) < 4.78 is 13.4. The maximum Gasteiger partial charge on any atom is 0.141 e. The molecule has 1 heterocycles. The van der Waals surface area contributed by atoms with Gasteiger partial charge in [0, 0.05) is 22.8 Å². The van der Waals surface area contributed by atoms with Crippen molar-refractivity contribution in [3.63, 3.8) is 0 Å². The number of fused-ring (bicyclic) bond motifs is 1. The Morgan fingerprint density at radius 2 is 2.04 bits per heavy atom. The number of nitrogens with one attached hydrogen (secondary N) is 1. The van der Waals surface area contributed by atoms with Crippen molar-refractivity contribution in [3.8, 4) is 17.9 Å². The van der Waals surface area contributed by atoms with Gasteiger partial charge in [-0.15, -0.1) is 0 Å². The smallest absolute Gasteiger partial charge is 0.141 e. The highest BCUT2D eigenvalue weighted by Gasteiger charge is 2.11. The summed E-state index contributed by atoms with van der Waals surface area (Å²) in [5.41, 5.74) is 3.08. The van der Waals surface area contributed by atoms with Gasteiger partial charge in [0.25, 0.3) is 0 Å². The van der Waals surface area contributed by atoms with E-state index in [9.17, 15) is 9.65 Å². The molecule has 0 spiro atoms. The summed E-state index contributed by atoms with van der Waals surface area (Å²) in [7, 11) is 3.90. The van der Waals surface area contributed by atoms with Crippen molar-refractivity contribution < 1.29 is 4.39 Å². The van der Waals surface area contributed by atoms with Crippen LogP contribution in [0.25, 0.3) is 10.9 Å². The van der Waals surface area contributed by atoms with Crippen LogP contribution in [0.2, 0.25) is 5.02 Å². The van der Waals surface area contributed by atoms with Gasteiger partial charge in [0.05, 0.1) is 28.3 Å². The van der Waals surface area contributed by atoms with E-state index in [1.54, 1.807) is 6.07 Å². The van der Waals surface area contributed by atoms with E-state index in [1.165, 1.54) is 18.3 Å². The van der Waals surface area contributed by atoms with Crippen LogP contribution in [-0.2, 0) is 0 Å². The lowest BCUT2D eigenvalue weighted by molar-refractivity contribution is 0.464. The first-order valence-corrected chi connectivity index (χ1v) is 8.54. The fraction of sp³-hybridized carbons (Fsp3) is 0.143. The van der Waals surface area contributed by atoms with Crippen molar-refractivity contribution in [1.29, 1.82) is 5.26 Å². The van der Waals surface area contributed by atoms with Crippen molar-refractivity contribution in [3.05, 3.63) is 64.6 Å². The van der Waals surface area contributed by atoms with Crippen LogP contribution in [-0.4, -0.2) is 30.5 Å². The Morgan fingerprint density at radius 3 is 2.74 bits per heavy atom. The van der Waals surface area contributed by atoms with Crippen LogP contribution in [0.3, 0.4) is 0 Å². The van der Waals surface area contributed by atoms with E-state index in [0.717, 1.165) is 16.5 Å². The number of nitriles is 1. The summed E-state index contributed by atoms with van der Waals surface area (Å²) in [6.45, 7) is 0.647. The fourth-order valence-electron chi connectivity index (χ4n) is 2.51. The van der Waals surface area contributed by atoms with Gasteiger partial charge in [0.15, 0.2) is 0 Å². The van der Waals surface area contributed by atoms with Gasteiger partial charge in [-0.2, -0.15) is 5.26 Å². The fourth-order valence-corrected chi connectivity index (χ4v) is 2.69. The first-order chi connectivity index (χ1) is 13.0. The van der Waals surface area contributed by atoms with Gasteiger partial charge in [-0.25, -0.2) is 4.39 Å². The van der Waals surface area contributed by atoms with Crippen LogP contribution in [0.5, 0.6) is 0 Å². The second kappa shape index (κ2) is 8.05. The van der Waals surface area contributed by atoms with Gasteiger partial charge in [-0.1, -0.05) is 23.4 Å². The van der Waals surface area contributed by atoms with E-state index in [-0.39, 0.29) is 5.02 Å². The molecule has 0 aliphatic heterocycles. The van der Waals surface area contributed by atoms with E-state index in [2.05, 4.69) is 28.2 Å². The lowest BCUT2D eigenvalue weighted by atomic mass is 10.1. The zero-order valence-corrected chi connectivity index (χ0v) is 15.6. The molecule has 6 heteroatoms. The molecule has 3 rings (SSSR count). The van der Waals surface area contributed by atoms with E-state index in [0.29, 0.717) is 23.5 Å². The minimum atomic E-state index is -0.499. The normalized spacial score (nSPS) is 10.4. The van der Waals surface area contributed by atoms with E-state index in [4.69, 9.17) is 11.6 Å². The Morgan fingerprint density at radius 1 is 1.22 bits per heavy atom. The molecule has 0 aliphatic rings. The minimum absolute atomic E-state index is 0.00658. The van der Waals surface area contributed by atoms with E-state index in [1.807, 2.05) is 37.2 Å². The van der Waals surface area contributed by atoms with Crippen LogP contribution in [0.15, 0.2) is 42.6 Å². The maximum absolute atomic E-state index is 13.4. The highest BCUT2D eigenvalue weighted by atomic mass is 35.5. The largest absolute Gasteiger partial charge is 0.354 e. The summed E-state index contributed by atoms with van der Waals surface area (Å²) in [6.07, 6.45) is 1.51. The summed E-state index contributed by atoms with van der Waals surface area (Å²) in [4.78, 5) is 6.31. The molecule has 0 saturated carbocycles. The Balaban J connectivity index is 2.08. The van der Waals surface area contributed by atoms with Crippen molar-refractivity contribution in [1.82, 2.24) is 9.88 Å². The molecule has 1 N–H and O–H groups in total. The number of benzene rings is 2. The molecule has 2 aromatic carbocycles. The Kier molecular flexibility index (Phi) is 5.57. The lowest BCUT2D eigenvalue weighted by Crippen LogP contribution is -2.10. The molecule has 27 heavy (non-hydrogen) atoms. The summed E-state index contributed by atoms with van der Waals surface area (Å²) in [6, 6.07) is 12.1. The molecule has 134 valence electrons. The number of pyridine rings is 1. The predicted octanol–water partition coefficient (Wildman–Crippen LogP) is 4.56. The molecule has 0 atom stereocenters. The zero-order valence-electron chi connectivity index (χ0n) is 14.8. The summed E-state index contributed by atoms with van der Waals surface area (Å²) in [5.74, 6) is 5.70. The third-order valence-corrected chi connectivity index (χ3v) is 4.10. The van der Waals surface area contributed by atoms with Crippen LogP contribution >= 0.6 is 11.6 Å². The van der Waals surface area contributed by atoms with Crippen LogP contribution in [0.1, 0.15) is 11.1 Å².